The van der Waals surface area contributed by atoms with Gasteiger partial charge in [0.25, 0.3) is 5.91 Å². The first-order valence-electron chi connectivity index (χ1n) is 8.59. The molecule has 0 radical (unpaired) electrons. The molecule has 8 heteroatoms. The quantitative estimate of drug-likeness (QED) is 0.580. The van der Waals surface area contributed by atoms with E-state index in [1.807, 2.05) is 44.9 Å². The molecule has 8 nitrogen and oxygen atoms in total. The van der Waals surface area contributed by atoms with Gasteiger partial charge in [-0.15, -0.1) is 0 Å². The summed E-state index contributed by atoms with van der Waals surface area (Å²) in [6, 6.07) is -0.259. The van der Waals surface area contributed by atoms with Crippen molar-refractivity contribution in [1.82, 2.24) is 20.0 Å². The predicted octanol–water partition coefficient (Wildman–Crippen LogP) is -0.202. The fourth-order valence-corrected chi connectivity index (χ4v) is 2.82. The zero-order chi connectivity index (χ0) is 19.1. The predicted molar refractivity (Wildman–Crippen MR) is 97.3 cm³/mol. The number of hydrogen-bond acceptors (Lipinski definition) is 5. The Morgan fingerprint density at radius 3 is 2.44 bits per heavy atom. The molecule has 0 spiro atoms. The van der Waals surface area contributed by atoms with Gasteiger partial charge in [-0.1, -0.05) is 6.92 Å². The number of likely N-dealkylation sites (N-methyl/N-ethyl adjacent to an activating group) is 3. The highest BCUT2D eigenvalue weighted by Crippen LogP contribution is 2.19. The van der Waals surface area contributed by atoms with E-state index in [-0.39, 0.29) is 36.1 Å². The molecule has 0 saturated heterocycles. The van der Waals surface area contributed by atoms with Crippen molar-refractivity contribution in [2.24, 2.45) is 10.9 Å². The van der Waals surface area contributed by atoms with Crippen LogP contribution in [0.1, 0.15) is 26.2 Å². The molecule has 1 aliphatic rings. The van der Waals surface area contributed by atoms with Gasteiger partial charge in [-0.05, 0) is 40.5 Å². The molecule has 1 heterocycles. The van der Waals surface area contributed by atoms with Crippen molar-refractivity contribution in [1.29, 1.82) is 0 Å². The summed E-state index contributed by atoms with van der Waals surface area (Å²) in [6.07, 6.45) is 0.950. The maximum atomic E-state index is 12.2. The second kappa shape index (κ2) is 9.62. The third-order valence-electron chi connectivity index (χ3n) is 4.27. The van der Waals surface area contributed by atoms with Crippen LogP contribution in [0, 0.1) is 5.92 Å². The highest BCUT2D eigenvalue weighted by molar-refractivity contribution is 6.13. The maximum Gasteiger partial charge on any atom is 0.256 e. The zero-order valence-corrected chi connectivity index (χ0v) is 16.2. The number of amidine groups is 1. The lowest BCUT2D eigenvalue weighted by atomic mass is 9.96. The number of nitrogens with one attached hydrogen (secondary N) is 1. The number of carbonyl (C=O) groups is 3. The van der Waals surface area contributed by atoms with E-state index in [0.29, 0.717) is 31.8 Å². The first-order valence-corrected chi connectivity index (χ1v) is 8.59. The van der Waals surface area contributed by atoms with Crippen molar-refractivity contribution < 1.29 is 14.4 Å². The Kier molecular flexibility index (Phi) is 8.18. The minimum Gasteiger partial charge on any atom is -0.358 e. The van der Waals surface area contributed by atoms with Gasteiger partial charge in [-0.3, -0.25) is 24.2 Å². The third-order valence-corrected chi connectivity index (χ3v) is 4.27. The van der Waals surface area contributed by atoms with Gasteiger partial charge in [-0.25, -0.2) is 0 Å². The first-order chi connectivity index (χ1) is 11.6. The van der Waals surface area contributed by atoms with E-state index in [0.717, 1.165) is 0 Å². The van der Waals surface area contributed by atoms with Crippen molar-refractivity contribution in [3.05, 3.63) is 0 Å². The number of hydrogen-bond donors (Lipinski definition) is 1. The van der Waals surface area contributed by atoms with Gasteiger partial charge in [0.05, 0.1) is 6.04 Å². The summed E-state index contributed by atoms with van der Waals surface area (Å²) in [5, 5.41) is 2.68. The van der Waals surface area contributed by atoms with Gasteiger partial charge in [-0.2, -0.15) is 4.99 Å². The largest absolute Gasteiger partial charge is 0.358 e. The fraction of sp³-hybridized carbons (Fsp3) is 0.765. The minimum atomic E-state index is -0.385. The van der Waals surface area contributed by atoms with Gasteiger partial charge in [0.15, 0.2) is 0 Å². The van der Waals surface area contributed by atoms with Gasteiger partial charge < -0.3 is 10.2 Å². The lowest BCUT2D eigenvalue weighted by Crippen LogP contribution is -2.46. The first kappa shape index (κ1) is 21.2. The molecule has 0 unspecified atom stereocenters. The zero-order valence-electron chi connectivity index (χ0n) is 16.2. The Bertz CT molecular complexity index is 530. The average Bonchev–Trinajstić information content (AvgIpc) is 2.50. The normalized spacial score (nSPS) is 17.8. The Morgan fingerprint density at radius 2 is 1.92 bits per heavy atom. The molecule has 0 aromatic heterocycles. The molecule has 0 aromatic rings. The molecule has 142 valence electrons. The second-order valence-electron chi connectivity index (χ2n) is 7.09. The van der Waals surface area contributed by atoms with Crippen molar-refractivity contribution >= 4 is 23.6 Å². The third kappa shape index (κ3) is 6.55. The van der Waals surface area contributed by atoms with Crippen molar-refractivity contribution in [3.63, 3.8) is 0 Å². The summed E-state index contributed by atoms with van der Waals surface area (Å²) in [5.41, 5.74) is 0. The van der Waals surface area contributed by atoms with E-state index in [1.165, 1.54) is 0 Å². The SMILES string of the molecule is CNC(=O)[C@@H](C[C@H](C)CC1=NC(=O)CC(=O)N1CCN(C)C)N(C)C. The molecular formula is C17H31N5O3. The molecule has 3 amide bonds. The van der Waals surface area contributed by atoms with E-state index in [1.54, 1.807) is 11.9 Å². The van der Waals surface area contributed by atoms with Crippen molar-refractivity contribution in [3.8, 4) is 0 Å². The molecule has 1 N–H and O–H groups in total. The van der Waals surface area contributed by atoms with E-state index >= 15 is 0 Å². The topological polar surface area (TPSA) is 85.3 Å². The summed E-state index contributed by atoms with van der Waals surface area (Å²) < 4.78 is 0. The Labute approximate surface area is 150 Å². The lowest BCUT2D eigenvalue weighted by molar-refractivity contribution is -0.133. The Balaban J connectivity index is 2.82. The van der Waals surface area contributed by atoms with Crippen molar-refractivity contribution in [2.45, 2.75) is 32.2 Å². The van der Waals surface area contributed by atoms with Gasteiger partial charge in [0.2, 0.25) is 11.8 Å². The molecule has 1 aliphatic heterocycles. The molecule has 0 aliphatic carbocycles. The molecule has 0 bridgehead atoms. The van der Waals surface area contributed by atoms with Crippen LogP contribution >= 0.6 is 0 Å². The van der Waals surface area contributed by atoms with E-state index < -0.39 is 0 Å². The smallest absolute Gasteiger partial charge is 0.256 e. The second-order valence-corrected chi connectivity index (χ2v) is 7.09. The van der Waals surface area contributed by atoms with Gasteiger partial charge in [0.1, 0.15) is 12.3 Å². The van der Waals surface area contributed by atoms with Crippen LogP contribution in [0.4, 0.5) is 0 Å². The summed E-state index contributed by atoms with van der Waals surface area (Å²) >= 11 is 0. The monoisotopic (exact) mass is 353 g/mol. The van der Waals surface area contributed by atoms with Gasteiger partial charge >= 0.3 is 0 Å². The van der Waals surface area contributed by atoms with Crippen molar-refractivity contribution in [2.75, 3.05) is 48.3 Å². The Morgan fingerprint density at radius 1 is 1.28 bits per heavy atom. The molecule has 2 atom stereocenters. The number of amides is 3. The molecular weight excluding hydrogens is 322 g/mol. The summed E-state index contributed by atoms with van der Waals surface area (Å²) in [5.74, 6) is -0.00339. The molecule has 0 fully saturated rings. The fourth-order valence-electron chi connectivity index (χ4n) is 2.82. The summed E-state index contributed by atoms with van der Waals surface area (Å²) in [4.78, 5) is 45.5. The number of carbonyl (C=O) groups excluding carboxylic acids is 3. The maximum absolute atomic E-state index is 12.2. The summed E-state index contributed by atoms with van der Waals surface area (Å²) in [7, 11) is 9.21. The van der Waals surface area contributed by atoms with Crippen LogP contribution in [0.5, 0.6) is 0 Å². The van der Waals surface area contributed by atoms with Crippen LogP contribution in [0.3, 0.4) is 0 Å². The van der Waals surface area contributed by atoms with Gasteiger partial charge in [0, 0.05) is 26.6 Å². The standard InChI is InChI=1S/C17H31N5O3/c1-12(9-13(21(5)6)17(25)18-2)10-14-19-15(23)11-16(24)22(14)8-7-20(3)4/h12-13H,7-11H2,1-6H3,(H,18,25)/t12-,13+/m0/s1. The van der Waals surface area contributed by atoms with Crippen LogP contribution in [0.15, 0.2) is 4.99 Å². The van der Waals surface area contributed by atoms with E-state index in [9.17, 15) is 14.4 Å². The van der Waals surface area contributed by atoms with Crippen LogP contribution in [-0.4, -0.2) is 92.6 Å². The van der Waals surface area contributed by atoms with E-state index in [2.05, 4.69) is 10.3 Å². The molecule has 1 rings (SSSR count). The number of nitrogens with zero attached hydrogens (tertiary/aromatic N) is 4. The summed E-state index contributed by atoms with van der Waals surface area (Å²) in [6.45, 7) is 3.22. The molecule has 0 saturated carbocycles. The lowest BCUT2D eigenvalue weighted by Gasteiger charge is -2.31. The highest BCUT2D eigenvalue weighted by Gasteiger charge is 2.30. The highest BCUT2D eigenvalue weighted by atomic mass is 16.2. The minimum absolute atomic E-state index is 0.0425. The van der Waals surface area contributed by atoms with Crippen LogP contribution < -0.4 is 5.32 Å². The molecule has 0 aromatic carbocycles. The molecule has 25 heavy (non-hydrogen) atoms. The van der Waals surface area contributed by atoms with Crippen LogP contribution in [0.25, 0.3) is 0 Å². The van der Waals surface area contributed by atoms with Crippen LogP contribution in [0.2, 0.25) is 0 Å². The average molecular weight is 353 g/mol. The number of rotatable bonds is 9. The Hall–Kier alpha value is -1.80. The van der Waals surface area contributed by atoms with E-state index in [4.69, 9.17) is 0 Å². The van der Waals surface area contributed by atoms with Crippen LogP contribution in [-0.2, 0) is 14.4 Å². The number of aliphatic imine (C=N–C) groups is 1.